The van der Waals surface area contributed by atoms with E-state index in [2.05, 4.69) is 21.0 Å². The van der Waals surface area contributed by atoms with E-state index in [9.17, 15) is 24.4 Å². The van der Waals surface area contributed by atoms with Crippen molar-refractivity contribution in [2.75, 3.05) is 22.6 Å². The third-order valence-corrected chi connectivity index (χ3v) is 4.29. The second-order valence-electron chi connectivity index (χ2n) is 7.05. The summed E-state index contributed by atoms with van der Waals surface area (Å²) in [4.78, 5) is 47.8. The minimum atomic E-state index is -0.856. The standard InChI is InChI=1S/C23H20N6O5/c1-14(30)26-18-8-16(9-19(10-18)27-15(2)31)23(33)34-13-21(32)28-22-17(11-24)12-25-29(22)20-6-4-3-5-7-20/h3-10,12H,13H2,1-2H3,(H,26,30)(H,27,31)(H,28,32). The van der Waals surface area contributed by atoms with Crippen molar-refractivity contribution < 1.29 is 23.9 Å². The predicted octanol–water partition coefficient (Wildman–Crippen LogP) is 2.46. The van der Waals surface area contributed by atoms with Crippen LogP contribution in [0.2, 0.25) is 0 Å². The van der Waals surface area contributed by atoms with Crippen LogP contribution in [0.1, 0.15) is 29.8 Å². The summed E-state index contributed by atoms with van der Waals surface area (Å²) in [6.07, 6.45) is 1.31. The van der Waals surface area contributed by atoms with Gasteiger partial charge in [0.05, 0.1) is 17.4 Å². The zero-order chi connectivity index (χ0) is 24.7. The van der Waals surface area contributed by atoms with Gasteiger partial charge in [-0.25, -0.2) is 9.48 Å². The van der Waals surface area contributed by atoms with Crippen LogP contribution < -0.4 is 16.0 Å². The van der Waals surface area contributed by atoms with E-state index < -0.39 is 18.5 Å². The molecule has 0 saturated carbocycles. The first-order chi connectivity index (χ1) is 16.3. The normalized spacial score (nSPS) is 10.0. The largest absolute Gasteiger partial charge is 0.452 e. The average Bonchev–Trinajstić information content (AvgIpc) is 3.19. The highest BCUT2D eigenvalue weighted by atomic mass is 16.5. The first-order valence-corrected chi connectivity index (χ1v) is 9.97. The second kappa shape index (κ2) is 10.6. The van der Waals surface area contributed by atoms with E-state index in [0.29, 0.717) is 5.69 Å². The lowest BCUT2D eigenvalue weighted by atomic mass is 10.1. The molecule has 0 spiro atoms. The summed E-state index contributed by atoms with van der Waals surface area (Å²) in [5, 5.41) is 21.0. The van der Waals surface area contributed by atoms with Crippen molar-refractivity contribution >= 4 is 40.9 Å². The van der Waals surface area contributed by atoms with Gasteiger partial charge in [0, 0.05) is 25.2 Å². The van der Waals surface area contributed by atoms with Crippen molar-refractivity contribution in [3.8, 4) is 11.8 Å². The number of esters is 1. The molecule has 3 aromatic rings. The molecule has 34 heavy (non-hydrogen) atoms. The predicted molar refractivity (Wildman–Crippen MR) is 122 cm³/mol. The molecular formula is C23H20N6O5. The lowest BCUT2D eigenvalue weighted by Crippen LogP contribution is -2.23. The summed E-state index contributed by atoms with van der Waals surface area (Å²) < 4.78 is 6.47. The Hall–Kier alpha value is -4.98. The molecule has 3 rings (SSSR count). The van der Waals surface area contributed by atoms with E-state index in [0.717, 1.165) is 0 Å². The van der Waals surface area contributed by atoms with E-state index in [1.807, 2.05) is 12.1 Å². The molecule has 0 fully saturated rings. The number of carbonyl (C=O) groups excluding carboxylic acids is 4. The number of benzene rings is 2. The van der Waals surface area contributed by atoms with Gasteiger partial charge in [0.2, 0.25) is 11.8 Å². The van der Waals surface area contributed by atoms with Gasteiger partial charge in [-0.1, -0.05) is 18.2 Å². The maximum atomic E-state index is 12.5. The van der Waals surface area contributed by atoms with E-state index in [4.69, 9.17) is 4.74 Å². The van der Waals surface area contributed by atoms with Crippen molar-refractivity contribution in [2.24, 2.45) is 0 Å². The van der Waals surface area contributed by atoms with E-state index in [-0.39, 0.29) is 40.1 Å². The fourth-order valence-corrected chi connectivity index (χ4v) is 2.99. The Morgan fingerprint density at radius 3 is 2.15 bits per heavy atom. The SMILES string of the molecule is CC(=O)Nc1cc(NC(C)=O)cc(C(=O)OCC(=O)Nc2c(C#N)cnn2-c2ccccc2)c1. The Morgan fingerprint density at radius 2 is 1.59 bits per heavy atom. The zero-order valence-electron chi connectivity index (χ0n) is 18.3. The van der Waals surface area contributed by atoms with Gasteiger partial charge in [0.25, 0.3) is 5.91 Å². The van der Waals surface area contributed by atoms with Crippen LogP contribution in [0, 0.1) is 11.3 Å². The van der Waals surface area contributed by atoms with Crippen molar-refractivity contribution in [3.63, 3.8) is 0 Å². The quantitative estimate of drug-likeness (QED) is 0.457. The molecule has 0 radical (unpaired) electrons. The summed E-state index contributed by atoms with van der Waals surface area (Å²) >= 11 is 0. The molecule has 172 valence electrons. The molecule has 0 saturated heterocycles. The van der Waals surface area contributed by atoms with Gasteiger partial charge in [-0.05, 0) is 30.3 Å². The highest BCUT2D eigenvalue weighted by molar-refractivity contribution is 5.99. The van der Waals surface area contributed by atoms with Crippen molar-refractivity contribution in [3.05, 3.63) is 65.9 Å². The fourth-order valence-electron chi connectivity index (χ4n) is 2.99. The van der Waals surface area contributed by atoms with Crippen LogP contribution in [0.3, 0.4) is 0 Å². The number of para-hydroxylation sites is 1. The van der Waals surface area contributed by atoms with Gasteiger partial charge in [-0.3, -0.25) is 14.4 Å². The summed E-state index contributed by atoms with van der Waals surface area (Å²) in [7, 11) is 0. The van der Waals surface area contributed by atoms with Crippen LogP contribution in [-0.4, -0.2) is 40.1 Å². The zero-order valence-corrected chi connectivity index (χ0v) is 18.3. The average molecular weight is 460 g/mol. The molecule has 0 bridgehead atoms. The number of carbonyl (C=O) groups is 4. The molecule has 1 aromatic heterocycles. The van der Waals surface area contributed by atoms with E-state index >= 15 is 0 Å². The van der Waals surface area contributed by atoms with Gasteiger partial charge in [0.1, 0.15) is 11.6 Å². The van der Waals surface area contributed by atoms with Crippen LogP contribution in [-0.2, 0) is 19.1 Å². The number of hydrogen-bond acceptors (Lipinski definition) is 7. The summed E-state index contributed by atoms with van der Waals surface area (Å²) in [5.41, 5.74) is 1.29. The van der Waals surface area contributed by atoms with Gasteiger partial charge < -0.3 is 20.7 Å². The molecule has 0 unspecified atom stereocenters. The molecular weight excluding hydrogens is 440 g/mol. The Bertz CT molecular complexity index is 1260. The molecule has 11 heteroatoms. The molecule has 3 amide bonds. The van der Waals surface area contributed by atoms with Gasteiger partial charge in [-0.2, -0.15) is 10.4 Å². The Kier molecular flexibility index (Phi) is 7.35. The van der Waals surface area contributed by atoms with Crippen molar-refractivity contribution in [2.45, 2.75) is 13.8 Å². The third kappa shape index (κ3) is 6.04. The lowest BCUT2D eigenvalue weighted by molar-refractivity contribution is -0.119. The minimum absolute atomic E-state index is 0.00911. The number of nitrogens with one attached hydrogen (secondary N) is 3. The molecule has 0 aliphatic rings. The molecule has 1 heterocycles. The maximum absolute atomic E-state index is 12.5. The fraction of sp³-hybridized carbons (Fsp3) is 0.130. The van der Waals surface area contributed by atoms with E-state index in [1.54, 1.807) is 24.3 Å². The minimum Gasteiger partial charge on any atom is -0.452 e. The molecule has 0 aliphatic heterocycles. The number of ether oxygens (including phenoxy) is 1. The second-order valence-corrected chi connectivity index (χ2v) is 7.05. The summed E-state index contributed by atoms with van der Waals surface area (Å²) in [6.45, 7) is 1.94. The Morgan fingerprint density at radius 1 is 0.971 bits per heavy atom. The molecule has 11 nitrogen and oxygen atoms in total. The smallest absolute Gasteiger partial charge is 0.338 e. The third-order valence-electron chi connectivity index (χ3n) is 4.29. The van der Waals surface area contributed by atoms with Crippen LogP contribution in [0.4, 0.5) is 17.2 Å². The first kappa shape index (κ1) is 23.7. The first-order valence-electron chi connectivity index (χ1n) is 9.97. The van der Waals surface area contributed by atoms with Crippen LogP contribution in [0.15, 0.2) is 54.7 Å². The monoisotopic (exact) mass is 460 g/mol. The number of rotatable bonds is 7. The number of hydrogen-bond donors (Lipinski definition) is 3. The molecule has 2 aromatic carbocycles. The molecule has 0 aliphatic carbocycles. The summed E-state index contributed by atoms with van der Waals surface area (Å²) in [6, 6.07) is 15.0. The number of nitriles is 1. The van der Waals surface area contributed by atoms with Gasteiger partial charge in [0.15, 0.2) is 12.4 Å². The molecule has 3 N–H and O–H groups in total. The van der Waals surface area contributed by atoms with Crippen LogP contribution in [0.5, 0.6) is 0 Å². The Balaban J connectivity index is 1.73. The number of anilines is 3. The van der Waals surface area contributed by atoms with Crippen molar-refractivity contribution in [1.82, 2.24) is 9.78 Å². The summed E-state index contributed by atoms with van der Waals surface area (Å²) in [5.74, 6) is -2.16. The topological polar surface area (TPSA) is 155 Å². The number of amides is 3. The highest BCUT2D eigenvalue weighted by Crippen LogP contribution is 2.21. The number of aromatic nitrogens is 2. The van der Waals surface area contributed by atoms with Gasteiger partial charge >= 0.3 is 5.97 Å². The highest BCUT2D eigenvalue weighted by Gasteiger charge is 2.18. The van der Waals surface area contributed by atoms with Crippen LogP contribution in [0.25, 0.3) is 5.69 Å². The van der Waals surface area contributed by atoms with E-state index in [1.165, 1.54) is 42.9 Å². The van der Waals surface area contributed by atoms with Crippen molar-refractivity contribution in [1.29, 1.82) is 5.26 Å². The number of nitrogens with zero attached hydrogens (tertiary/aromatic N) is 3. The lowest BCUT2D eigenvalue weighted by Gasteiger charge is -2.12. The maximum Gasteiger partial charge on any atom is 0.338 e. The molecule has 0 atom stereocenters. The van der Waals surface area contributed by atoms with Gasteiger partial charge in [-0.15, -0.1) is 0 Å². The van der Waals surface area contributed by atoms with Crippen LogP contribution >= 0.6 is 0 Å². The Labute approximate surface area is 194 Å².